The molecule has 0 fully saturated rings. The molecule has 2 rings (SSSR count). The van der Waals surface area contributed by atoms with Gasteiger partial charge in [0.1, 0.15) is 6.07 Å². The zero-order valence-electron chi connectivity index (χ0n) is 18.8. The van der Waals surface area contributed by atoms with Crippen molar-refractivity contribution in [2.75, 3.05) is 13.1 Å². The Morgan fingerprint density at radius 2 is 1.87 bits per heavy atom. The van der Waals surface area contributed by atoms with Crippen LogP contribution in [0.1, 0.15) is 39.5 Å². The highest BCUT2D eigenvalue weighted by atomic mass is 32.1. The number of allylic oxidation sites excluding steroid dienone is 3. The third-order valence-corrected chi connectivity index (χ3v) is 5.62. The van der Waals surface area contributed by atoms with Crippen molar-refractivity contribution in [3.05, 3.63) is 75.3 Å². The lowest BCUT2D eigenvalue weighted by atomic mass is 10.1. The summed E-state index contributed by atoms with van der Waals surface area (Å²) in [6.07, 6.45) is 6.09. The van der Waals surface area contributed by atoms with Crippen LogP contribution in [0.5, 0.6) is 0 Å². The normalized spacial score (nSPS) is 12.1. The van der Waals surface area contributed by atoms with Gasteiger partial charge in [-0.1, -0.05) is 45.2 Å². The van der Waals surface area contributed by atoms with Crippen LogP contribution in [0.15, 0.2) is 60.0 Å². The number of benzene rings is 1. The largest absolute Gasteiger partial charge is 0.398 e. The van der Waals surface area contributed by atoms with Gasteiger partial charge in [0.15, 0.2) is 0 Å². The fraction of sp³-hybridized carbons (Fsp3) is 0.269. The van der Waals surface area contributed by atoms with E-state index in [1.165, 1.54) is 5.70 Å². The van der Waals surface area contributed by atoms with Gasteiger partial charge < -0.3 is 10.6 Å². The Hall–Kier alpha value is -3.03. The van der Waals surface area contributed by atoms with E-state index in [2.05, 4.69) is 81.3 Å². The summed E-state index contributed by atoms with van der Waals surface area (Å²) < 4.78 is 0. The molecule has 1 aromatic carbocycles. The standard InChI is InChI=1S/C24H27N3S.C2H6/c1-6-22(27(7-2)8-3)14-19-9-10-20(13-17(19)4)24-12-11-23(28-24)15-21(16-25)18(5)26;1-2/h6,9-15H,4-5,7-8,26H2,1-3H3;1-2H3/b19-14-,21-15+,22-6+;. The monoisotopic (exact) mass is 419 g/mol. The second-order valence-electron chi connectivity index (χ2n) is 6.34. The van der Waals surface area contributed by atoms with Gasteiger partial charge in [0.25, 0.3) is 0 Å². The molecule has 158 valence electrons. The van der Waals surface area contributed by atoms with E-state index < -0.39 is 0 Å². The smallest absolute Gasteiger partial charge is 0.101 e. The Balaban J connectivity index is 0.00000218. The predicted molar refractivity (Wildman–Crippen MR) is 134 cm³/mol. The Morgan fingerprint density at radius 3 is 2.37 bits per heavy atom. The molecule has 0 unspecified atom stereocenters. The van der Waals surface area contributed by atoms with Crippen LogP contribution in [-0.2, 0) is 0 Å². The molecule has 0 saturated carbocycles. The third kappa shape index (κ3) is 6.50. The van der Waals surface area contributed by atoms with Crippen molar-refractivity contribution in [3.63, 3.8) is 0 Å². The molecule has 2 aromatic rings. The molecule has 0 bridgehead atoms. The minimum atomic E-state index is 0.283. The van der Waals surface area contributed by atoms with Gasteiger partial charge in [-0.3, -0.25) is 0 Å². The first kappa shape index (κ1) is 25.0. The third-order valence-electron chi connectivity index (χ3n) is 4.54. The summed E-state index contributed by atoms with van der Waals surface area (Å²) in [6, 6.07) is 12.4. The fourth-order valence-electron chi connectivity index (χ4n) is 2.93. The van der Waals surface area contributed by atoms with Crippen LogP contribution in [-0.4, -0.2) is 18.0 Å². The highest BCUT2D eigenvalue weighted by Crippen LogP contribution is 2.28. The minimum absolute atomic E-state index is 0.283. The molecule has 0 aliphatic carbocycles. The molecule has 3 nitrogen and oxygen atoms in total. The molecule has 0 amide bonds. The molecule has 1 aromatic heterocycles. The minimum Gasteiger partial charge on any atom is -0.398 e. The van der Waals surface area contributed by atoms with Crippen molar-refractivity contribution in [1.82, 2.24) is 4.90 Å². The van der Waals surface area contributed by atoms with Gasteiger partial charge >= 0.3 is 0 Å². The maximum absolute atomic E-state index is 9.14. The number of nitrogens with zero attached hydrogens (tertiary/aromatic N) is 2. The van der Waals surface area contributed by atoms with Crippen LogP contribution in [0.4, 0.5) is 0 Å². The van der Waals surface area contributed by atoms with Crippen molar-refractivity contribution in [3.8, 4) is 16.5 Å². The lowest BCUT2D eigenvalue weighted by Crippen LogP contribution is -2.27. The average molecular weight is 420 g/mol. The number of rotatable bonds is 7. The van der Waals surface area contributed by atoms with Crippen LogP contribution in [0.3, 0.4) is 0 Å². The van der Waals surface area contributed by atoms with Gasteiger partial charge in [-0.05, 0) is 67.1 Å². The van der Waals surface area contributed by atoms with Gasteiger partial charge in [-0.25, -0.2) is 0 Å². The molecule has 4 heteroatoms. The van der Waals surface area contributed by atoms with Gasteiger partial charge in [-0.15, -0.1) is 11.3 Å². The molecule has 0 aliphatic rings. The molecule has 0 atom stereocenters. The van der Waals surface area contributed by atoms with Crippen LogP contribution < -0.4 is 16.2 Å². The van der Waals surface area contributed by atoms with Crippen molar-refractivity contribution >= 4 is 30.1 Å². The first-order chi connectivity index (χ1) is 14.4. The van der Waals surface area contributed by atoms with Crippen molar-refractivity contribution in [2.45, 2.75) is 34.6 Å². The maximum atomic E-state index is 9.14. The molecular formula is C26H33N3S. The number of hydrogen-bond donors (Lipinski definition) is 1. The van der Waals surface area contributed by atoms with Crippen LogP contribution in [0, 0.1) is 11.3 Å². The van der Waals surface area contributed by atoms with Crippen LogP contribution in [0.2, 0.25) is 0 Å². The Labute approximate surface area is 185 Å². The maximum Gasteiger partial charge on any atom is 0.101 e. The van der Waals surface area contributed by atoms with Crippen molar-refractivity contribution in [1.29, 1.82) is 5.26 Å². The van der Waals surface area contributed by atoms with Crippen molar-refractivity contribution < 1.29 is 0 Å². The zero-order chi connectivity index (χ0) is 22.7. The van der Waals surface area contributed by atoms with Gasteiger partial charge in [0, 0.05) is 34.2 Å². The molecule has 2 N–H and O–H groups in total. The average Bonchev–Trinajstić information content (AvgIpc) is 3.23. The van der Waals surface area contributed by atoms with Crippen LogP contribution >= 0.6 is 11.3 Å². The molecular weight excluding hydrogens is 386 g/mol. The lowest BCUT2D eigenvalue weighted by molar-refractivity contribution is 0.399. The van der Waals surface area contributed by atoms with E-state index in [0.717, 1.165) is 38.8 Å². The summed E-state index contributed by atoms with van der Waals surface area (Å²) in [6.45, 7) is 20.2. The summed E-state index contributed by atoms with van der Waals surface area (Å²) >= 11 is 1.61. The predicted octanol–water partition coefficient (Wildman–Crippen LogP) is 5.26. The Bertz CT molecular complexity index is 1060. The van der Waals surface area contributed by atoms with E-state index in [4.69, 9.17) is 11.0 Å². The van der Waals surface area contributed by atoms with E-state index in [0.29, 0.717) is 5.57 Å². The van der Waals surface area contributed by atoms with E-state index in [9.17, 15) is 0 Å². The summed E-state index contributed by atoms with van der Waals surface area (Å²) in [5, 5.41) is 11.2. The molecule has 0 aliphatic heterocycles. The number of nitriles is 1. The molecule has 30 heavy (non-hydrogen) atoms. The Morgan fingerprint density at radius 1 is 1.20 bits per heavy atom. The first-order valence-electron chi connectivity index (χ1n) is 10.3. The SMILES string of the molecule is C=C(N)/C(C#N)=C/c1ccc(-c2cc/c(=C/C(=C\C)N(CC)CC)c(=C)c2)s1.CC. The topological polar surface area (TPSA) is 53.1 Å². The highest BCUT2D eigenvalue weighted by Gasteiger charge is 2.05. The second-order valence-corrected chi connectivity index (χ2v) is 7.46. The van der Waals surface area contributed by atoms with Gasteiger partial charge in [-0.2, -0.15) is 5.26 Å². The van der Waals surface area contributed by atoms with Gasteiger partial charge in [0.05, 0.1) is 5.57 Å². The summed E-state index contributed by atoms with van der Waals surface area (Å²) in [5.74, 6) is 0. The number of nitrogens with two attached hydrogens (primary N) is 1. The number of thiophene rings is 1. The quantitative estimate of drug-likeness (QED) is 0.492. The fourth-order valence-corrected chi connectivity index (χ4v) is 3.88. The zero-order valence-corrected chi connectivity index (χ0v) is 19.6. The van der Waals surface area contributed by atoms with Crippen LogP contribution in [0.25, 0.3) is 29.2 Å². The second kappa shape index (κ2) is 12.5. The van der Waals surface area contributed by atoms with E-state index in [1.54, 1.807) is 17.4 Å². The number of hydrogen-bond acceptors (Lipinski definition) is 4. The van der Waals surface area contributed by atoms with Crippen molar-refractivity contribution in [2.24, 2.45) is 5.73 Å². The molecule has 0 saturated heterocycles. The molecule has 0 spiro atoms. The molecule has 1 heterocycles. The highest BCUT2D eigenvalue weighted by molar-refractivity contribution is 7.16. The summed E-state index contributed by atoms with van der Waals surface area (Å²) in [7, 11) is 0. The van der Waals surface area contributed by atoms with E-state index in [-0.39, 0.29) is 5.70 Å². The first-order valence-corrected chi connectivity index (χ1v) is 11.1. The summed E-state index contributed by atoms with van der Waals surface area (Å²) in [4.78, 5) is 4.42. The molecule has 0 radical (unpaired) electrons. The summed E-state index contributed by atoms with van der Waals surface area (Å²) in [5.41, 5.74) is 8.64. The van der Waals surface area contributed by atoms with Gasteiger partial charge in [0.2, 0.25) is 0 Å². The van der Waals surface area contributed by atoms with E-state index in [1.807, 2.05) is 19.9 Å². The van der Waals surface area contributed by atoms with E-state index >= 15 is 0 Å². The Kier molecular flexibility index (Phi) is 10.4. The lowest BCUT2D eigenvalue weighted by Gasteiger charge is -2.21.